The molecule has 1 N–H and O–H groups in total. The van der Waals surface area contributed by atoms with Gasteiger partial charge in [0.25, 0.3) is 5.69 Å². The number of nitrogens with zero attached hydrogens (tertiary/aromatic N) is 2. The Labute approximate surface area is 142 Å². The number of benzene rings is 1. The Morgan fingerprint density at radius 1 is 1.25 bits per heavy atom. The van der Waals surface area contributed by atoms with Crippen molar-refractivity contribution in [3.05, 3.63) is 39.4 Å². The van der Waals surface area contributed by atoms with E-state index in [9.17, 15) is 14.9 Å². The number of nitro benzene ring substituents is 1. The molecule has 1 aromatic carbocycles. The molecular weight excluding hydrogens is 308 g/mol. The Hall–Kier alpha value is -2.37. The van der Waals surface area contributed by atoms with E-state index in [1.807, 2.05) is 4.90 Å². The Morgan fingerprint density at radius 2 is 1.79 bits per heavy atom. The van der Waals surface area contributed by atoms with Gasteiger partial charge in [0.15, 0.2) is 0 Å². The van der Waals surface area contributed by atoms with Crippen LogP contribution in [0.1, 0.15) is 40.2 Å². The number of nitro groups is 1. The lowest BCUT2D eigenvalue weighted by Gasteiger charge is -2.28. The largest absolute Gasteiger partial charge is 0.478 e. The molecule has 0 fully saturated rings. The predicted molar refractivity (Wildman–Crippen MR) is 96.3 cm³/mol. The zero-order chi connectivity index (χ0) is 18.4. The average molecular weight is 334 g/mol. The van der Waals surface area contributed by atoms with Crippen LogP contribution in [0, 0.1) is 22.0 Å². The Bertz CT molecular complexity index is 626. The number of aliphatic carboxylic acids is 1. The third-order valence-corrected chi connectivity index (χ3v) is 3.43. The Balaban J connectivity index is 3.33. The first kappa shape index (κ1) is 19.7. The molecule has 0 heterocycles. The molecular formula is C18H26N2O4. The fourth-order valence-electron chi connectivity index (χ4n) is 2.51. The molecule has 0 atom stereocenters. The molecule has 1 aromatic rings. The highest BCUT2D eigenvalue weighted by Gasteiger charge is 2.21. The number of carboxylic acids is 1. The highest BCUT2D eigenvalue weighted by molar-refractivity contribution is 5.91. The van der Waals surface area contributed by atoms with Crippen molar-refractivity contribution in [1.82, 2.24) is 0 Å². The smallest absolute Gasteiger partial charge is 0.331 e. The van der Waals surface area contributed by atoms with Gasteiger partial charge in [-0.1, -0.05) is 33.8 Å². The summed E-state index contributed by atoms with van der Waals surface area (Å²) >= 11 is 0. The Kier molecular flexibility index (Phi) is 6.95. The standard InChI is InChI=1S/C18H26N2O4/c1-12(2)10-19(11-13(3)4)16-7-6-15(8-14(5)18(21)22)9-17(16)20(23)24/h6-9,12-13H,10-11H2,1-5H3,(H,21,22). The van der Waals surface area contributed by atoms with E-state index < -0.39 is 10.9 Å². The summed E-state index contributed by atoms with van der Waals surface area (Å²) in [4.78, 5) is 24.1. The van der Waals surface area contributed by atoms with Crippen molar-refractivity contribution in [2.24, 2.45) is 11.8 Å². The second-order valence-electron chi connectivity index (χ2n) is 6.83. The van der Waals surface area contributed by atoms with Crippen molar-refractivity contribution in [1.29, 1.82) is 0 Å². The van der Waals surface area contributed by atoms with Crippen molar-refractivity contribution in [2.45, 2.75) is 34.6 Å². The van der Waals surface area contributed by atoms with E-state index in [1.54, 1.807) is 12.1 Å². The van der Waals surface area contributed by atoms with Gasteiger partial charge < -0.3 is 10.0 Å². The zero-order valence-electron chi connectivity index (χ0n) is 14.9. The SMILES string of the molecule is CC(=Cc1ccc(N(CC(C)C)CC(C)C)c([N+](=O)[O-])c1)C(=O)O. The second-order valence-corrected chi connectivity index (χ2v) is 6.83. The van der Waals surface area contributed by atoms with E-state index in [0.717, 1.165) is 13.1 Å². The summed E-state index contributed by atoms with van der Waals surface area (Å²) in [5, 5.41) is 20.5. The molecule has 0 spiro atoms. The van der Waals surface area contributed by atoms with Crippen LogP contribution in [-0.4, -0.2) is 29.1 Å². The minimum absolute atomic E-state index is 0.00300. The second kappa shape index (κ2) is 8.47. The summed E-state index contributed by atoms with van der Waals surface area (Å²) in [7, 11) is 0. The summed E-state index contributed by atoms with van der Waals surface area (Å²) in [5.41, 5.74) is 1.23. The van der Waals surface area contributed by atoms with Crippen molar-refractivity contribution in [3.63, 3.8) is 0 Å². The van der Waals surface area contributed by atoms with Gasteiger partial charge in [-0.25, -0.2) is 4.79 Å². The first-order valence-corrected chi connectivity index (χ1v) is 8.06. The number of hydrogen-bond donors (Lipinski definition) is 1. The highest BCUT2D eigenvalue weighted by atomic mass is 16.6. The molecule has 132 valence electrons. The third kappa shape index (κ3) is 5.68. The minimum Gasteiger partial charge on any atom is -0.478 e. The lowest BCUT2D eigenvalue weighted by atomic mass is 10.1. The summed E-state index contributed by atoms with van der Waals surface area (Å²) < 4.78 is 0. The first-order chi connectivity index (χ1) is 11.1. The van der Waals surface area contributed by atoms with E-state index >= 15 is 0 Å². The van der Waals surface area contributed by atoms with E-state index in [0.29, 0.717) is 23.1 Å². The summed E-state index contributed by atoms with van der Waals surface area (Å²) in [6.45, 7) is 11.2. The molecule has 0 radical (unpaired) electrons. The van der Waals surface area contributed by atoms with Crippen LogP contribution in [0.25, 0.3) is 6.08 Å². The maximum Gasteiger partial charge on any atom is 0.331 e. The van der Waals surface area contributed by atoms with Crippen molar-refractivity contribution in [2.75, 3.05) is 18.0 Å². The minimum atomic E-state index is -1.04. The molecule has 0 saturated carbocycles. The monoisotopic (exact) mass is 334 g/mol. The summed E-state index contributed by atoms with van der Waals surface area (Å²) in [6, 6.07) is 4.88. The van der Waals surface area contributed by atoms with Gasteiger partial charge in [-0.3, -0.25) is 10.1 Å². The number of rotatable bonds is 8. The van der Waals surface area contributed by atoms with Crippen LogP contribution in [0.2, 0.25) is 0 Å². The van der Waals surface area contributed by atoms with Gasteiger partial charge in [0.05, 0.1) is 4.92 Å². The predicted octanol–water partition coefficient (Wildman–Crippen LogP) is 4.20. The Morgan fingerprint density at radius 3 is 2.21 bits per heavy atom. The van der Waals surface area contributed by atoms with Gasteiger partial charge in [-0.15, -0.1) is 0 Å². The maximum atomic E-state index is 11.5. The van der Waals surface area contributed by atoms with Crippen molar-refractivity contribution >= 4 is 23.4 Å². The molecule has 0 saturated heterocycles. The van der Waals surface area contributed by atoms with Gasteiger partial charge in [0, 0.05) is 24.7 Å². The van der Waals surface area contributed by atoms with Gasteiger partial charge >= 0.3 is 5.97 Å². The van der Waals surface area contributed by atoms with E-state index in [-0.39, 0.29) is 11.3 Å². The topological polar surface area (TPSA) is 83.7 Å². The van der Waals surface area contributed by atoms with Crippen LogP contribution in [0.5, 0.6) is 0 Å². The van der Waals surface area contributed by atoms with Crippen LogP contribution in [0.15, 0.2) is 23.8 Å². The molecule has 0 aliphatic rings. The van der Waals surface area contributed by atoms with Crippen molar-refractivity contribution < 1.29 is 14.8 Å². The average Bonchev–Trinajstić information content (AvgIpc) is 2.45. The van der Waals surface area contributed by atoms with Crippen LogP contribution in [0.4, 0.5) is 11.4 Å². The molecule has 6 nitrogen and oxygen atoms in total. The maximum absolute atomic E-state index is 11.5. The fourth-order valence-corrected chi connectivity index (χ4v) is 2.51. The molecule has 0 aromatic heterocycles. The normalized spacial score (nSPS) is 11.9. The first-order valence-electron chi connectivity index (χ1n) is 8.06. The zero-order valence-corrected chi connectivity index (χ0v) is 14.9. The molecule has 0 unspecified atom stereocenters. The quantitative estimate of drug-likeness (QED) is 0.437. The van der Waals surface area contributed by atoms with Gasteiger partial charge in [0.1, 0.15) is 5.69 Å². The molecule has 0 amide bonds. The lowest BCUT2D eigenvalue weighted by Crippen LogP contribution is -2.31. The molecule has 1 rings (SSSR count). The van der Waals surface area contributed by atoms with Crippen LogP contribution < -0.4 is 4.90 Å². The molecule has 6 heteroatoms. The van der Waals surface area contributed by atoms with Crippen LogP contribution in [-0.2, 0) is 4.79 Å². The highest BCUT2D eigenvalue weighted by Crippen LogP contribution is 2.31. The van der Waals surface area contributed by atoms with Gasteiger partial charge in [0.2, 0.25) is 0 Å². The fraction of sp³-hybridized carbons (Fsp3) is 0.500. The molecule has 0 aliphatic carbocycles. The third-order valence-electron chi connectivity index (χ3n) is 3.43. The van der Waals surface area contributed by atoms with E-state index in [1.165, 1.54) is 19.1 Å². The lowest BCUT2D eigenvalue weighted by molar-refractivity contribution is -0.384. The molecule has 0 aliphatic heterocycles. The molecule has 0 bridgehead atoms. The van der Waals surface area contributed by atoms with Gasteiger partial charge in [-0.05, 0) is 36.5 Å². The number of hydrogen-bond acceptors (Lipinski definition) is 4. The van der Waals surface area contributed by atoms with E-state index in [2.05, 4.69) is 27.7 Å². The van der Waals surface area contributed by atoms with Gasteiger partial charge in [-0.2, -0.15) is 0 Å². The number of anilines is 1. The van der Waals surface area contributed by atoms with Crippen LogP contribution >= 0.6 is 0 Å². The summed E-state index contributed by atoms with van der Waals surface area (Å²) in [6.07, 6.45) is 1.44. The van der Waals surface area contributed by atoms with Crippen LogP contribution in [0.3, 0.4) is 0 Å². The summed E-state index contributed by atoms with van der Waals surface area (Å²) in [5.74, 6) is -0.294. The van der Waals surface area contributed by atoms with E-state index in [4.69, 9.17) is 5.11 Å². The number of carbonyl (C=O) groups is 1. The molecule has 24 heavy (non-hydrogen) atoms. The van der Waals surface area contributed by atoms with Crippen molar-refractivity contribution in [3.8, 4) is 0 Å². The number of carboxylic acid groups (broad SMARTS) is 1.